The quantitative estimate of drug-likeness (QED) is 0.207. The average Bonchev–Trinajstić information content (AvgIpc) is 3.77. The van der Waals surface area contributed by atoms with Crippen LogP contribution in [0.1, 0.15) is 0 Å². The maximum Gasteiger partial charge on any atom is 0.164 e. The molecule has 10 aromatic rings. The lowest BCUT2D eigenvalue weighted by atomic mass is 9.60. The number of hydrogen-bond acceptors (Lipinski definition) is 4. The van der Waals surface area contributed by atoms with Crippen LogP contribution >= 0.6 is 11.3 Å². The fraction of sp³-hybridized carbons (Fsp3) is 0. The molecule has 0 spiro atoms. The van der Waals surface area contributed by atoms with E-state index in [0.29, 0.717) is 17.2 Å². The van der Waals surface area contributed by atoms with Gasteiger partial charge in [0.05, 0.1) is 11.0 Å². The van der Waals surface area contributed by atoms with Gasteiger partial charge in [-0.2, -0.15) is 0 Å². The van der Waals surface area contributed by atoms with Crippen molar-refractivity contribution in [2.75, 3.05) is 0 Å². The van der Waals surface area contributed by atoms with Crippen LogP contribution in [-0.4, -0.2) is 58.8 Å². The van der Waals surface area contributed by atoms with Crippen LogP contribution in [0.4, 0.5) is 0 Å². The lowest BCUT2D eigenvalue weighted by Crippen LogP contribution is -2.55. The van der Waals surface area contributed by atoms with Gasteiger partial charge in [-0.05, 0) is 53.6 Å². The lowest BCUT2D eigenvalue weighted by molar-refractivity contribution is 1.08. The zero-order valence-corrected chi connectivity index (χ0v) is 30.2. The summed E-state index contributed by atoms with van der Waals surface area (Å²) in [5.41, 5.74) is 8.50. The molecule has 0 unspecified atom stereocenters. The summed E-state index contributed by atoms with van der Waals surface area (Å²) in [5, 5.41) is 4.79. The number of rotatable bonds is 5. The molecule has 55 heavy (non-hydrogen) atoms. The SMILES string of the molecule is [B]c1c([B])c([B])c(-c2nc(-c3ccccc3)nc(-c3ccc4c(c3)sc3cc(-c5ccc6c(c5)c5ccccc5n6-c5ccccc5)ccc34)n2)c([B])c1[B]. The van der Waals surface area contributed by atoms with E-state index in [9.17, 15) is 0 Å². The molecular weight excluding hydrogens is 683 g/mol. The highest BCUT2D eigenvalue weighted by Crippen LogP contribution is 2.40. The summed E-state index contributed by atoms with van der Waals surface area (Å²) < 4.78 is 4.63. The summed E-state index contributed by atoms with van der Waals surface area (Å²) in [6.45, 7) is 0. The summed E-state index contributed by atoms with van der Waals surface area (Å²) in [6.07, 6.45) is 0. The molecule has 0 saturated heterocycles. The van der Waals surface area contributed by atoms with Crippen LogP contribution in [0, 0.1) is 0 Å². The van der Waals surface area contributed by atoms with E-state index in [2.05, 4.69) is 108 Å². The van der Waals surface area contributed by atoms with Crippen molar-refractivity contribution in [3.05, 3.63) is 140 Å². The van der Waals surface area contributed by atoms with Crippen molar-refractivity contribution in [2.45, 2.75) is 0 Å². The number of nitrogens with zero attached hydrogens (tertiary/aromatic N) is 4. The van der Waals surface area contributed by atoms with Crippen LogP contribution in [-0.2, 0) is 0 Å². The van der Waals surface area contributed by atoms with Gasteiger partial charge in [0, 0.05) is 53.3 Å². The first-order valence-corrected chi connectivity index (χ1v) is 18.5. The highest BCUT2D eigenvalue weighted by molar-refractivity contribution is 7.25. The van der Waals surface area contributed by atoms with Crippen molar-refractivity contribution in [3.63, 3.8) is 0 Å². The van der Waals surface area contributed by atoms with E-state index in [1.807, 2.05) is 36.4 Å². The normalized spacial score (nSPS) is 11.6. The van der Waals surface area contributed by atoms with Gasteiger partial charge in [0.15, 0.2) is 17.5 Å². The first-order valence-electron chi connectivity index (χ1n) is 17.7. The minimum Gasteiger partial charge on any atom is -0.309 e. The lowest BCUT2D eigenvalue weighted by Gasteiger charge is -2.20. The van der Waals surface area contributed by atoms with E-state index in [0.717, 1.165) is 38.0 Å². The second-order valence-corrected chi connectivity index (χ2v) is 14.6. The highest BCUT2D eigenvalue weighted by atomic mass is 32.1. The smallest absolute Gasteiger partial charge is 0.164 e. The van der Waals surface area contributed by atoms with E-state index in [4.69, 9.17) is 54.2 Å². The molecule has 3 aromatic heterocycles. The van der Waals surface area contributed by atoms with Crippen molar-refractivity contribution in [3.8, 4) is 51.0 Å². The van der Waals surface area contributed by atoms with Crippen LogP contribution in [0.5, 0.6) is 0 Å². The number of benzene rings is 7. The van der Waals surface area contributed by atoms with E-state index >= 15 is 0 Å². The summed E-state index contributed by atoms with van der Waals surface area (Å²) >= 11 is 1.74. The standard InChI is InChI=1S/C45H23B5N4S/c46-38-37(39(47)41(49)42(50)40(38)48)45-52-43(24-9-3-1-4-10-24)51-44(53-45)27-16-19-31-30-18-15-26(22-35(30)55-36(31)23-27)25-17-20-34-32(21-25)29-13-7-8-14-33(29)54(34)28-11-5-2-6-12-28/h1-23H. The highest BCUT2D eigenvalue weighted by Gasteiger charge is 2.19. The fourth-order valence-electron chi connectivity index (χ4n) is 7.53. The Morgan fingerprint density at radius 1 is 0.382 bits per heavy atom. The van der Waals surface area contributed by atoms with Crippen LogP contribution < -0.4 is 27.3 Å². The van der Waals surface area contributed by atoms with Crippen molar-refractivity contribution in [1.82, 2.24) is 19.5 Å². The third-order valence-electron chi connectivity index (χ3n) is 10.3. The van der Waals surface area contributed by atoms with Crippen molar-refractivity contribution >= 4 is 120 Å². The zero-order chi connectivity index (χ0) is 37.4. The summed E-state index contributed by atoms with van der Waals surface area (Å²) in [5.74, 6) is 1.17. The Kier molecular flexibility index (Phi) is 7.93. The Labute approximate surface area is 328 Å². The van der Waals surface area contributed by atoms with Crippen LogP contribution in [0.2, 0.25) is 0 Å². The number of hydrogen-bond donors (Lipinski definition) is 0. The molecule has 0 amide bonds. The van der Waals surface area contributed by atoms with Crippen molar-refractivity contribution in [2.24, 2.45) is 0 Å². The fourth-order valence-corrected chi connectivity index (χ4v) is 8.71. The number of fused-ring (bicyclic) bond motifs is 6. The summed E-state index contributed by atoms with van der Waals surface area (Å²) in [6, 6.07) is 48.6. The molecule has 3 heterocycles. The van der Waals surface area contributed by atoms with Crippen LogP contribution in [0.3, 0.4) is 0 Å². The summed E-state index contributed by atoms with van der Waals surface area (Å²) in [7, 11) is 31.5. The molecule has 0 aliphatic rings. The topological polar surface area (TPSA) is 43.6 Å². The van der Waals surface area contributed by atoms with Gasteiger partial charge in [-0.15, -0.1) is 27.7 Å². The molecule has 0 fully saturated rings. The average molecular weight is 706 g/mol. The predicted octanol–water partition coefficient (Wildman–Crippen LogP) is 5.97. The number of aromatic nitrogens is 4. The third kappa shape index (κ3) is 5.46. The third-order valence-corrected chi connectivity index (χ3v) is 11.5. The second-order valence-electron chi connectivity index (χ2n) is 13.6. The number of para-hydroxylation sites is 2. The van der Waals surface area contributed by atoms with Gasteiger partial charge in [-0.1, -0.05) is 108 Å². The van der Waals surface area contributed by atoms with Crippen LogP contribution in [0.15, 0.2) is 140 Å². The molecule has 244 valence electrons. The molecule has 0 bridgehead atoms. The Bertz CT molecular complexity index is 3130. The Morgan fingerprint density at radius 2 is 0.891 bits per heavy atom. The summed E-state index contributed by atoms with van der Waals surface area (Å²) in [4.78, 5) is 14.6. The molecule has 10 rings (SSSR count). The minimum atomic E-state index is 0.130. The zero-order valence-electron chi connectivity index (χ0n) is 29.4. The van der Waals surface area contributed by atoms with Gasteiger partial charge < -0.3 is 4.57 Å². The van der Waals surface area contributed by atoms with Gasteiger partial charge in [0.25, 0.3) is 0 Å². The molecule has 0 saturated carbocycles. The van der Waals surface area contributed by atoms with Gasteiger partial charge in [-0.3, -0.25) is 0 Å². The molecule has 10 heteroatoms. The van der Waals surface area contributed by atoms with E-state index in [1.54, 1.807) is 11.3 Å². The largest absolute Gasteiger partial charge is 0.309 e. The van der Waals surface area contributed by atoms with Crippen molar-refractivity contribution in [1.29, 1.82) is 0 Å². The van der Waals surface area contributed by atoms with Gasteiger partial charge in [0.2, 0.25) is 0 Å². The molecule has 10 radical (unpaired) electrons. The maximum atomic E-state index is 6.47. The Hall–Kier alpha value is -6.11. The van der Waals surface area contributed by atoms with Crippen molar-refractivity contribution < 1.29 is 0 Å². The van der Waals surface area contributed by atoms with E-state index in [1.165, 1.54) is 31.9 Å². The molecule has 0 aliphatic carbocycles. The van der Waals surface area contributed by atoms with Gasteiger partial charge in [0.1, 0.15) is 39.2 Å². The molecule has 7 aromatic carbocycles. The Balaban J connectivity index is 1.09. The predicted molar refractivity (Wildman–Crippen MR) is 236 cm³/mol. The molecule has 0 atom stereocenters. The van der Waals surface area contributed by atoms with Crippen LogP contribution in [0.25, 0.3) is 93.0 Å². The minimum absolute atomic E-state index is 0.130. The van der Waals surface area contributed by atoms with E-state index < -0.39 is 0 Å². The first kappa shape index (κ1) is 33.5. The first-order chi connectivity index (χ1) is 26.8. The second kappa shape index (κ2) is 13.0. The maximum absolute atomic E-state index is 6.47. The molecular formula is C45H23B5N4S. The van der Waals surface area contributed by atoms with E-state index in [-0.39, 0.29) is 33.1 Å². The van der Waals surface area contributed by atoms with Gasteiger partial charge in [-0.25, -0.2) is 15.0 Å². The molecule has 4 nitrogen and oxygen atoms in total. The Morgan fingerprint density at radius 3 is 1.60 bits per heavy atom. The monoisotopic (exact) mass is 706 g/mol. The number of thiophene rings is 1. The molecule has 0 aliphatic heterocycles. The molecule has 0 N–H and O–H groups in total. The van der Waals surface area contributed by atoms with Gasteiger partial charge >= 0.3 is 0 Å².